The molecule has 7 heteroatoms. The Hall–Kier alpha value is -3.84. The van der Waals surface area contributed by atoms with E-state index in [1.54, 1.807) is 48.5 Å². The molecule has 0 bridgehead atoms. The molecule has 1 atom stereocenters. The van der Waals surface area contributed by atoms with E-state index in [9.17, 15) is 20.0 Å². The lowest BCUT2D eigenvalue weighted by atomic mass is 9.99. The predicted octanol–water partition coefficient (Wildman–Crippen LogP) is 3.46. The van der Waals surface area contributed by atoms with Gasteiger partial charge in [0.2, 0.25) is 0 Å². The number of amides is 1. The number of carbonyl (C=O) groups excluding carboxylic acids is 1. The molecule has 0 unspecified atom stereocenters. The van der Waals surface area contributed by atoms with Crippen molar-refractivity contribution < 1.29 is 14.8 Å². The molecule has 0 aliphatic heterocycles. The summed E-state index contributed by atoms with van der Waals surface area (Å²) in [5.74, 6) is -0.614. The molecule has 0 radical (unpaired) electrons. The number of hydrogen-bond acceptors (Lipinski definition) is 5. The molecule has 0 fully saturated rings. The normalized spacial score (nSPS) is 12.2. The summed E-state index contributed by atoms with van der Waals surface area (Å²) >= 11 is 0. The minimum absolute atomic E-state index is 0.0968. The average molecular weight is 375 g/mol. The van der Waals surface area contributed by atoms with Crippen molar-refractivity contribution in [2.45, 2.75) is 6.10 Å². The van der Waals surface area contributed by atoms with E-state index in [1.807, 2.05) is 12.1 Å². The van der Waals surface area contributed by atoms with Crippen molar-refractivity contribution >= 4 is 17.3 Å². The lowest BCUT2D eigenvalue weighted by Crippen LogP contribution is -2.23. The van der Waals surface area contributed by atoms with Gasteiger partial charge < -0.3 is 5.11 Å². The van der Waals surface area contributed by atoms with Crippen molar-refractivity contribution in [1.82, 2.24) is 5.43 Å². The third-order valence-electron chi connectivity index (χ3n) is 4.04. The van der Waals surface area contributed by atoms with Gasteiger partial charge in [-0.05, 0) is 11.6 Å². The summed E-state index contributed by atoms with van der Waals surface area (Å²) in [4.78, 5) is 22.7. The van der Waals surface area contributed by atoms with E-state index >= 15 is 0 Å². The zero-order valence-corrected chi connectivity index (χ0v) is 14.7. The molecule has 0 aromatic heterocycles. The molecule has 3 aromatic rings. The summed E-state index contributed by atoms with van der Waals surface area (Å²) in [5.41, 5.74) is 3.80. The number of aliphatic hydroxyl groups excluding tert-OH is 1. The third-order valence-corrected chi connectivity index (χ3v) is 4.04. The van der Waals surface area contributed by atoms with Gasteiger partial charge in [0.1, 0.15) is 11.8 Å². The third kappa shape index (κ3) is 4.46. The highest BCUT2D eigenvalue weighted by Crippen LogP contribution is 2.19. The van der Waals surface area contributed by atoms with Crippen molar-refractivity contribution in [3.05, 3.63) is 112 Å². The summed E-state index contributed by atoms with van der Waals surface area (Å²) in [6.07, 6.45) is -1.06. The van der Waals surface area contributed by atoms with Crippen LogP contribution in [-0.4, -0.2) is 21.6 Å². The molecule has 1 amide bonds. The molecule has 0 spiro atoms. The lowest BCUT2D eigenvalue weighted by molar-refractivity contribution is -0.384. The van der Waals surface area contributed by atoms with Gasteiger partial charge in [0.15, 0.2) is 0 Å². The number of nitrogens with zero attached hydrogens (tertiary/aromatic N) is 2. The molecule has 3 aromatic carbocycles. The van der Waals surface area contributed by atoms with Gasteiger partial charge in [-0.2, -0.15) is 5.10 Å². The number of nitrogens with one attached hydrogen (secondary N) is 1. The quantitative estimate of drug-likeness (QED) is 0.391. The minimum atomic E-state index is -1.06. The Bertz CT molecular complexity index is 1000. The first-order valence-electron chi connectivity index (χ1n) is 8.47. The predicted molar refractivity (Wildman–Crippen MR) is 105 cm³/mol. The molecule has 0 heterocycles. The van der Waals surface area contributed by atoms with Crippen LogP contribution in [0.25, 0.3) is 0 Å². The Morgan fingerprint density at radius 1 is 0.929 bits per heavy atom. The van der Waals surface area contributed by atoms with Gasteiger partial charge in [-0.1, -0.05) is 66.7 Å². The van der Waals surface area contributed by atoms with Gasteiger partial charge in [-0.3, -0.25) is 14.9 Å². The number of rotatable bonds is 6. The van der Waals surface area contributed by atoms with Crippen molar-refractivity contribution in [1.29, 1.82) is 0 Å². The van der Waals surface area contributed by atoms with Crippen LogP contribution >= 0.6 is 0 Å². The largest absolute Gasteiger partial charge is 0.382 e. The number of nitro groups is 1. The fourth-order valence-electron chi connectivity index (χ4n) is 2.62. The first-order valence-corrected chi connectivity index (χ1v) is 8.47. The second-order valence-electron chi connectivity index (χ2n) is 5.92. The molecule has 0 saturated heterocycles. The van der Waals surface area contributed by atoms with Gasteiger partial charge in [0.05, 0.1) is 4.92 Å². The molecular formula is C21H17N3O4. The van der Waals surface area contributed by atoms with E-state index in [4.69, 9.17) is 0 Å². The molecular weight excluding hydrogens is 358 g/mol. The topological polar surface area (TPSA) is 105 Å². The number of non-ortho nitro benzene ring substituents is 1. The highest BCUT2D eigenvalue weighted by Gasteiger charge is 2.18. The maximum atomic E-state index is 12.4. The highest BCUT2D eigenvalue weighted by molar-refractivity contribution is 6.05. The van der Waals surface area contributed by atoms with Gasteiger partial charge in [0.25, 0.3) is 11.6 Å². The summed E-state index contributed by atoms with van der Waals surface area (Å²) < 4.78 is 0. The Balaban J connectivity index is 1.90. The van der Waals surface area contributed by atoms with Gasteiger partial charge >= 0.3 is 0 Å². The average Bonchev–Trinajstić information content (AvgIpc) is 2.75. The molecule has 2 N–H and O–H groups in total. The van der Waals surface area contributed by atoms with Crippen molar-refractivity contribution in [3.63, 3.8) is 0 Å². The van der Waals surface area contributed by atoms with Crippen LogP contribution in [0.3, 0.4) is 0 Å². The van der Waals surface area contributed by atoms with Crippen LogP contribution in [0, 0.1) is 10.1 Å². The summed E-state index contributed by atoms with van der Waals surface area (Å²) in [5, 5.41) is 25.8. The maximum absolute atomic E-state index is 12.4. The summed E-state index contributed by atoms with van der Waals surface area (Å²) in [6.45, 7) is 0. The van der Waals surface area contributed by atoms with Crippen LogP contribution < -0.4 is 5.43 Å². The van der Waals surface area contributed by atoms with Crippen molar-refractivity contribution in [2.75, 3.05) is 0 Å². The zero-order chi connectivity index (χ0) is 19.9. The molecule has 0 aliphatic rings. The fraction of sp³-hybridized carbons (Fsp3) is 0.0476. The molecule has 7 nitrogen and oxygen atoms in total. The van der Waals surface area contributed by atoms with Crippen LogP contribution in [-0.2, 0) is 0 Å². The SMILES string of the molecule is O=C(NN=C(c1ccccc1)[C@@H](O)c1ccccc1)c1cccc([N+](=O)[O-])c1. The molecule has 0 saturated carbocycles. The number of hydrogen-bond donors (Lipinski definition) is 2. The summed E-state index contributed by atoms with van der Waals surface area (Å²) in [7, 11) is 0. The van der Waals surface area contributed by atoms with E-state index in [1.165, 1.54) is 24.3 Å². The van der Waals surface area contributed by atoms with E-state index in [-0.39, 0.29) is 17.0 Å². The van der Waals surface area contributed by atoms with Gasteiger partial charge in [-0.15, -0.1) is 0 Å². The number of hydrazone groups is 1. The number of nitro benzene ring substituents is 1. The second-order valence-corrected chi connectivity index (χ2v) is 5.92. The maximum Gasteiger partial charge on any atom is 0.271 e. The molecule has 28 heavy (non-hydrogen) atoms. The molecule has 0 aliphatic carbocycles. The Morgan fingerprint density at radius 2 is 1.54 bits per heavy atom. The Labute approximate surface area is 161 Å². The van der Waals surface area contributed by atoms with E-state index in [0.29, 0.717) is 11.1 Å². The van der Waals surface area contributed by atoms with E-state index in [2.05, 4.69) is 10.5 Å². The molecule has 140 valence electrons. The van der Waals surface area contributed by atoms with E-state index in [0.717, 1.165) is 0 Å². The molecule has 3 rings (SSSR count). The monoisotopic (exact) mass is 375 g/mol. The van der Waals surface area contributed by atoms with Crippen molar-refractivity contribution in [2.24, 2.45) is 5.10 Å². The minimum Gasteiger partial charge on any atom is -0.382 e. The number of aliphatic hydroxyl groups is 1. The summed E-state index contributed by atoms with van der Waals surface area (Å²) in [6, 6.07) is 23.2. The van der Waals surface area contributed by atoms with Crippen LogP contribution in [0.5, 0.6) is 0 Å². The standard InChI is InChI=1S/C21H17N3O4/c25-20(16-10-5-2-6-11-16)19(15-8-3-1-4-9-15)22-23-21(26)17-12-7-13-18(14-17)24(27)28/h1-14,20,25H,(H,23,26)/t20-/m0/s1. The fourth-order valence-corrected chi connectivity index (χ4v) is 2.62. The number of carbonyl (C=O) groups is 1. The Morgan fingerprint density at radius 3 is 2.18 bits per heavy atom. The highest BCUT2D eigenvalue weighted by atomic mass is 16.6. The van der Waals surface area contributed by atoms with Crippen LogP contribution in [0.15, 0.2) is 90.0 Å². The van der Waals surface area contributed by atoms with Gasteiger partial charge in [-0.25, -0.2) is 5.43 Å². The first-order chi connectivity index (χ1) is 13.6. The lowest BCUT2D eigenvalue weighted by Gasteiger charge is -2.15. The van der Waals surface area contributed by atoms with Crippen LogP contribution in [0.2, 0.25) is 0 Å². The van der Waals surface area contributed by atoms with Crippen molar-refractivity contribution in [3.8, 4) is 0 Å². The second kappa shape index (κ2) is 8.70. The zero-order valence-electron chi connectivity index (χ0n) is 14.7. The first kappa shape index (κ1) is 18.9. The number of benzene rings is 3. The van der Waals surface area contributed by atoms with Crippen LogP contribution in [0.4, 0.5) is 5.69 Å². The Kier molecular flexibility index (Phi) is 5.88. The van der Waals surface area contributed by atoms with E-state index < -0.39 is 16.9 Å². The van der Waals surface area contributed by atoms with Gasteiger partial charge in [0, 0.05) is 23.3 Å². The smallest absolute Gasteiger partial charge is 0.271 e. The van der Waals surface area contributed by atoms with Crippen LogP contribution in [0.1, 0.15) is 27.6 Å².